The van der Waals surface area contributed by atoms with Gasteiger partial charge in [-0.15, -0.1) is 0 Å². The summed E-state index contributed by atoms with van der Waals surface area (Å²) >= 11 is 0. The number of carboxylic acids is 1. The fourth-order valence-corrected chi connectivity index (χ4v) is 5.78. The van der Waals surface area contributed by atoms with Crippen molar-refractivity contribution in [3.63, 3.8) is 0 Å². The van der Waals surface area contributed by atoms with Crippen LogP contribution in [0.25, 0.3) is 11.1 Å². The van der Waals surface area contributed by atoms with E-state index < -0.39 is 24.2 Å². The Labute approximate surface area is 204 Å². The van der Waals surface area contributed by atoms with Crippen LogP contribution in [0.5, 0.6) is 0 Å². The lowest BCUT2D eigenvalue weighted by atomic mass is 9.98. The number of piperidine rings is 1. The zero-order valence-electron chi connectivity index (χ0n) is 19.8. The van der Waals surface area contributed by atoms with Crippen molar-refractivity contribution >= 4 is 18.0 Å². The Bertz CT molecular complexity index is 1100. The minimum absolute atomic E-state index is 0.0156. The Balaban J connectivity index is 1.24. The number of likely N-dealkylation sites (tertiary alicyclic amines) is 1. The molecular weight excluding hydrogens is 448 g/mol. The number of hydrogen-bond acceptors (Lipinski definition) is 5. The molecule has 1 unspecified atom stereocenters. The highest BCUT2D eigenvalue weighted by Gasteiger charge is 2.57. The molecule has 0 spiro atoms. The molecule has 5 rings (SSSR count). The summed E-state index contributed by atoms with van der Waals surface area (Å²) < 4.78 is 11.0. The minimum Gasteiger partial charge on any atom is -0.481 e. The highest BCUT2D eigenvalue weighted by molar-refractivity contribution is 5.87. The van der Waals surface area contributed by atoms with Gasteiger partial charge in [0.1, 0.15) is 12.6 Å². The molecule has 2 amide bonds. The van der Waals surface area contributed by atoms with Crippen LogP contribution < -0.4 is 5.32 Å². The van der Waals surface area contributed by atoms with E-state index in [0.717, 1.165) is 22.3 Å². The number of rotatable bonds is 7. The minimum atomic E-state index is -0.922. The third kappa shape index (κ3) is 4.27. The van der Waals surface area contributed by atoms with Crippen molar-refractivity contribution in [2.75, 3.05) is 26.8 Å². The number of fused-ring (bicyclic) bond motifs is 4. The highest BCUT2D eigenvalue weighted by Crippen LogP contribution is 2.51. The normalized spacial score (nSPS) is 23.9. The summed E-state index contributed by atoms with van der Waals surface area (Å²) in [6.45, 7) is 2.73. The standard InChI is InChI=1S/C27H30N2O6/c1-15(34-2)24(25(30)29-12-11-20-21(13-29)23(20)26(31)32)28-27(33)35-14-22-18-9-5-3-7-16(18)17-8-4-6-10-19(17)22/h3-10,15,20-24H,11-14H2,1-2H3,(H,28,33)(H,31,32)/t15-,20+,21-,23?,24+/m1/s1. The molecule has 0 radical (unpaired) electrons. The summed E-state index contributed by atoms with van der Waals surface area (Å²) in [5.74, 6) is -1.40. The van der Waals surface area contributed by atoms with Crippen LogP contribution in [-0.2, 0) is 19.1 Å². The van der Waals surface area contributed by atoms with Gasteiger partial charge in [-0.3, -0.25) is 9.59 Å². The molecule has 1 aliphatic heterocycles. The SMILES string of the molecule is CO[C@H](C)[C@H](NC(=O)OCC1c2ccccc2-c2ccccc21)C(=O)N1CC[C@@H]2C(C(=O)O)[C@@H]2C1. The van der Waals surface area contributed by atoms with Crippen molar-refractivity contribution in [3.05, 3.63) is 59.7 Å². The molecule has 1 saturated heterocycles. The van der Waals surface area contributed by atoms with Crippen LogP contribution in [0.1, 0.15) is 30.4 Å². The number of aliphatic carboxylic acids is 1. The van der Waals surface area contributed by atoms with Gasteiger partial charge < -0.3 is 24.8 Å². The molecule has 8 nitrogen and oxygen atoms in total. The van der Waals surface area contributed by atoms with Crippen LogP contribution in [-0.4, -0.2) is 66.9 Å². The molecule has 3 aliphatic rings. The van der Waals surface area contributed by atoms with Crippen LogP contribution in [0, 0.1) is 17.8 Å². The van der Waals surface area contributed by atoms with E-state index in [-0.39, 0.29) is 36.2 Å². The van der Waals surface area contributed by atoms with Gasteiger partial charge in [0, 0.05) is 26.1 Å². The lowest BCUT2D eigenvalue weighted by Gasteiger charge is -2.32. The van der Waals surface area contributed by atoms with Crippen LogP contribution in [0.2, 0.25) is 0 Å². The van der Waals surface area contributed by atoms with E-state index in [9.17, 15) is 19.5 Å². The Hall–Kier alpha value is -3.39. The van der Waals surface area contributed by atoms with Gasteiger partial charge in [0.05, 0.1) is 12.0 Å². The van der Waals surface area contributed by atoms with E-state index in [4.69, 9.17) is 9.47 Å². The molecule has 2 aliphatic carbocycles. The molecule has 0 aromatic heterocycles. The Morgan fingerprint density at radius 2 is 1.69 bits per heavy atom. The van der Waals surface area contributed by atoms with Gasteiger partial charge in [-0.2, -0.15) is 0 Å². The fraction of sp³-hybridized carbons (Fsp3) is 0.444. The van der Waals surface area contributed by atoms with Crippen molar-refractivity contribution in [1.82, 2.24) is 10.2 Å². The first kappa shape index (κ1) is 23.4. The predicted octanol–water partition coefficient (Wildman–Crippen LogP) is 3.11. The molecule has 1 heterocycles. The number of nitrogens with zero attached hydrogens (tertiary/aromatic N) is 1. The highest BCUT2D eigenvalue weighted by atomic mass is 16.5. The number of benzene rings is 2. The number of alkyl carbamates (subject to hydrolysis) is 1. The molecule has 35 heavy (non-hydrogen) atoms. The first-order valence-corrected chi connectivity index (χ1v) is 12.1. The number of carbonyl (C=O) groups is 3. The van der Waals surface area contributed by atoms with Gasteiger partial charge >= 0.3 is 12.1 Å². The van der Waals surface area contributed by atoms with Gasteiger partial charge in [-0.1, -0.05) is 48.5 Å². The zero-order valence-corrected chi connectivity index (χ0v) is 19.8. The van der Waals surface area contributed by atoms with Crippen LogP contribution in [0.15, 0.2) is 48.5 Å². The van der Waals surface area contributed by atoms with E-state index in [1.165, 1.54) is 7.11 Å². The third-order valence-electron chi connectivity index (χ3n) is 7.82. The van der Waals surface area contributed by atoms with Gasteiger partial charge in [0.25, 0.3) is 0 Å². The van der Waals surface area contributed by atoms with E-state index >= 15 is 0 Å². The zero-order chi connectivity index (χ0) is 24.7. The second-order valence-electron chi connectivity index (χ2n) is 9.65. The van der Waals surface area contributed by atoms with E-state index in [0.29, 0.717) is 19.5 Å². The Kier molecular flexibility index (Phi) is 6.23. The van der Waals surface area contributed by atoms with Crippen LogP contribution in [0.4, 0.5) is 4.79 Å². The molecule has 2 N–H and O–H groups in total. The second-order valence-corrected chi connectivity index (χ2v) is 9.65. The maximum atomic E-state index is 13.3. The molecule has 5 atom stereocenters. The predicted molar refractivity (Wildman–Crippen MR) is 128 cm³/mol. The average molecular weight is 479 g/mol. The van der Waals surface area contributed by atoms with E-state index in [2.05, 4.69) is 17.4 Å². The number of nitrogens with one attached hydrogen (secondary N) is 1. The summed E-state index contributed by atoms with van der Waals surface area (Å²) in [6, 6.07) is 15.3. The monoisotopic (exact) mass is 478 g/mol. The fourth-order valence-electron chi connectivity index (χ4n) is 5.78. The summed E-state index contributed by atoms with van der Waals surface area (Å²) in [7, 11) is 1.48. The quantitative estimate of drug-likeness (QED) is 0.634. The van der Waals surface area contributed by atoms with Crippen molar-refractivity contribution in [2.24, 2.45) is 17.8 Å². The lowest BCUT2D eigenvalue weighted by Crippen LogP contribution is -2.55. The third-order valence-corrected chi connectivity index (χ3v) is 7.82. The van der Waals surface area contributed by atoms with Crippen molar-refractivity contribution in [2.45, 2.75) is 31.4 Å². The lowest BCUT2D eigenvalue weighted by molar-refractivity contribution is -0.140. The van der Waals surface area contributed by atoms with Crippen LogP contribution >= 0.6 is 0 Å². The van der Waals surface area contributed by atoms with E-state index in [1.807, 2.05) is 36.4 Å². The maximum Gasteiger partial charge on any atom is 0.407 e. The molecule has 2 fully saturated rings. The molecule has 2 aromatic rings. The summed E-state index contributed by atoms with van der Waals surface area (Å²) in [5, 5.41) is 12.0. The average Bonchev–Trinajstić information content (AvgIpc) is 3.52. The van der Waals surface area contributed by atoms with Crippen LogP contribution in [0.3, 0.4) is 0 Å². The number of ether oxygens (including phenoxy) is 2. The second kappa shape index (κ2) is 9.34. The first-order chi connectivity index (χ1) is 16.9. The molecular formula is C27H30N2O6. The molecule has 8 heteroatoms. The van der Waals surface area contributed by atoms with Gasteiger partial charge in [-0.05, 0) is 47.4 Å². The number of carbonyl (C=O) groups excluding carboxylic acids is 2. The molecule has 2 aromatic carbocycles. The van der Waals surface area contributed by atoms with Crippen molar-refractivity contribution < 1.29 is 29.0 Å². The van der Waals surface area contributed by atoms with Crippen molar-refractivity contribution in [1.29, 1.82) is 0 Å². The smallest absolute Gasteiger partial charge is 0.407 e. The largest absolute Gasteiger partial charge is 0.481 e. The Morgan fingerprint density at radius 3 is 2.29 bits per heavy atom. The first-order valence-electron chi connectivity index (χ1n) is 12.1. The Morgan fingerprint density at radius 1 is 1.06 bits per heavy atom. The number of amides is 2. The van der Waals surface area contributed by atoms with Gasteiger partial charge in [-0.25, -0.2) is 4.79 Å². The topological polar surface area (TPSA) is 105 Å². The molecule has 1 saturated carbocycles. The van der Waals surface area contributed by atoms with Gasteiger partial charge in [0.15, 0.2) is 0 Å². The molecule has 0 bridgehead atoms. The summed E-state index contributed by atoms with van der Waals surface area (Å²) in [6.07, 6.45) is -0.596. The number of carboxylic acid groups (broad SMARTS) is 1. The van der Waals surface area contributed by atoms with Crippen molar-refractivity contribution in [3.8, 4) is 11.1 Å². The van der Waals surface area contributed by atoms with E-state index in [1.54, 1.807) is 11.8 Å². The summed E-state index contributed by atoms with van der Waals surface area (Å²) in [4.78, 5) is 39.1. The number of methoxy groups -OCH3 is 1. The number of hydrogen-bond donors (Lipinski definition) is 2. The van der Waals surface area contributed by atoms with Gasteiger partial charge in [0.2, 0.25) is 5.91 Å². The molecule has 184 valence electrons. The summed E-state index contributed by atoms with van der Waals surface area (Å²) in [5.41, 5.74) is 4.50. The maximum absolute atomic E-state index is 13.3.